The van der Waals surface area contributed by atoms with Crippen molar-refractivity contribution in [2.24, 2.45) is 0 Å². The zero-order valence-electron chi connectivity index (χ0n) is 9.34. The van der Waals surface area contributed by atoms with Crippen LogP contribution < -0.4 is 4.74 Å². The number of benzene rings is 2. The lowest BCUT2D eigenvalue weighted by Crippen LogP contribution is -2.16. The summed E-state index contributed by atoms with van der Waals surface area (Å²) in [4.78, 5) is 0. The van der Waals surface area contributed by atoms with Crippen LogP contribution >= 0.6 is 0 Å². The zero-order chi connectivity index (χ0) is 14.0. The van der Waals surface area contributed by atoms with Gasteiger partial charge < -0.3 is 4.74 Å². The third kappa shape index (κ3) is 3.21. The van der Waals surface area contributed by atoms with Crippen molar-refractivity contribution in [1.29, 1.82) is 0 Å². The summed E-state index contributed by atoms with van der Waals surface area (Å²) in [5.41, 5.74) is 0.227. The van der Waals surface area contributed by atoms with E-state index in [1.165, 1.54) is 24.3 Å². The van der Waals surface area contributed by atoms with Gasteiger partial charge in [-0.1, -0.05) is 24.3 Å². The van der Waals surface area contributed by atoms with Gasteiger partial charge >= 0.3 is 6.36 Å². The largest absolute Gasteiger partial charge is 0.573 e. The molecule has 19 heavy (non-hydrogen) atoms. The second-order valence-corrected chi connectivity index (χ2v) is 3.67. The van der Waals surface area contributed by atoms with Crippen LogP contribution in [0.5, 0.6) is 5.75 Å². The Morgan fingerprint density at radius 3 is 2.05 bits per heavy atom. The molecule has 0 N–H and O–H groups in total. The Morgan fingerprint density at radius 1 is 0.842 bits per heavy atom. The first-order valence-corrected chi connectivity index (χ1v) is 5.17. The molecule has 0 amide bonds. The fraction of sp³-hybridized carbons (Fsp3) is 0.0769. The van der Waals surface area contributed by atoms with Crippen LogP contribution in [0.4, 0.5) is 22.0 Å². The molecule has 6 heteroatoms. The highest BCUT2D eigenvalue weighted by molar-refractivity contribution is 5.64. The first-order valence-electron chi connectivity index (χ1n) is 5.17. The molecule has 2 rings (SSSR count). The summed E-state index contributed by atoms with van der Waals surface area (Å²) in [5.74, 6) is -2.49. The van der Waals surface area contributed by atoms with Gasteiger partial charge in [-0.2, -0.15) is 0 Å². The summed E-state index contributed by atoms with van der Waals surface area (Å²) in [5, 5.41) is 0. The van der Waals surface area contributed by atoms with Crippen LogP contribution in [-0.4, -0.2) is 6.36 Å². The molecule has 0 bridgehead atoms. The van der Waals surface area contributed by atoms with Crippen LogP contribution in [0.1, 0.15) is 0 Å². The molecular weight excluding hydrogens is 267 g/mol. The van der Waals surface area contributed by atoms with Gasteiger partial charge in [-0.3, -0.25) is 0 Å². The Kier molecular flexibility index (Phi) is 3.42. The molecule has 2 aromatic rings. The van der Waals surface area contributed by atoms with E-state index in [1.54, 1.807) is 0 Å². The highest BCUT2D eigenvalue weighted by Gasteiger charge is 2.30. The molecule has 0 heterocycles. The molecule has 0 unspecified atom stereocenters. The molecule has 0 atom stereocenters. The van der Waals surface area contributed by atoms with Gasteiger partial charge in [0.2, 0.25) is 0 Å². The Morgan fingerprint density at radius 2 is 1.47 bits per heavy atom. The highest BCUT2D eigenvalue weighted by Crippen LogP contribution is 2.28. The lowest BCUT2D eigenvalue weighted by molar-refractivity contribution is -0.274. The van der Waals surface area contributed by atoms with Crippen molar-refractivity contribution in [2.45, 2.75) is 6.36 Å². The molecule has 0 saturated carbocycles. The molecule has 0 aliphatic heterocycles. The van der Waals surface area contributed by atoms with E-state index >= 15 is 0 Å². The maximum Gasteiger partial charge on any atom is 0.573 e. The van der Waals surface area contributed by atoms with Gasteiger partial charge in [0.1, 0.15) is 5.75 Å². The van der Waals surface area contributed by atoms with Crippen LogP contribution in [-0.2, 0) is 0 Å². The van der Waals surface area contributed by atoms with Gasteiger partial charge in [0.05, 0.1) is 0 Å². The van der Waals surface area contributed by atoms with Crippen LogP contribution in [0.25, 0.3) is 11.1 Å². The lowest BCUT2D eigenvalue weighted by atomic mass is 10.0. The monoisotopic (exact) mass is 274 g/mol. The molecule has 0 radical (unpaired) electrons. The van der Waals surface area contributed by atoms with Gasteiger partial charge in [-0.15, -0.1) is 13.2 Å². The van der Waals surface area contributed by atoms with E-state index < -0.39 is 23.7 Å². The molecule has 0 aliphatic rings. The van der Waals surface area contributed by atoms with Crippen molar-refractivity contribution in [3.05, 3.63) is 54.1 Å². The van der Waals surface area contributed by atoms with E-state index in [0.717, 1.165) is 18.2 Å². The van der Waals surface area contributed by atoms with Crippen LogP contribution in [0.3, 0.4) is 0 Å². The predicted octanol–water partition coefficient (Wildman–Crippen LogP) is 4.53. The summed E-state index contributed by atoms with van der Waals surface area (Å²) in [7, 11) is 0. The normalized spacial score (nSPS) is 11.4. The van der Waals surface area contributed by atoms with Crippen molar-refractivity contribution in [3.63, 3.8) is 0 Å². The zero-order valence-corrected chi connectivity index (χ0v) is 9.34. The van der Waals surface area contributed by atoms with Crippen molar-refractivity contribution in [1.82, 2.24) is 0 Å². The average Bonchev–Trinajstić information content (AvgIpc) is 2.32. The first-order chi connectivity index (χ1) is 8.87. The van der Waals surface area contributed by atoms with Gasteiger partial charge in [-0.05, 0) is 23.8 Å². The Bertz CT molecular complexity index is 575. The predicted molar refractivity (Wildman–Crippen MR) is 58.5 cm³/mol. The first kappa shape index (κ1) is 13.3. The SMILES string of the molecule is Fc1cccc(-c2ccc(OC(F)(F)F)cc2)c1F. The molecule has 0 spiro atoms. The third-order valence-corrected chi connectivity index (χ3v) is 2.35. The molecule has 0 aromatic heterocycles. The summed E-state index contributed by atoms with van der Waals surface area (Å²) >= 11 is 0. The summed E-state index contributed by atoms with van der Waals surface area (Å²) in [6.45, 7) is 0. The van der Waals surface area contributed by atoms with Crippen molar-refractivity contribution < 1.29 is 26.7 Å². The van der Waals surface area contributed by atoms with Crippen LogP contribution in [0.15, 0.2) is 42.5 Å². The Labute approximate surface area is 105 Å². The summed E-state index contributed by atoms with van der Waals surface area (Å²) < 4.78 is 66.0. The summed E-state index contributed by atoms with van der Waals surface area (Å²) in [6, 6.07) is 8.12. The fourth-order valence-corrected chi connectivity index (χ4v) is 1.56. The number of hydrogen-bond donors (Lipinski definition) is 0. The average molecular weight is 274 g/mol. The van der Waals surface area contributed by atoms with E-state index in [0.29, 0.717) is 0 Å². The van der Waals surface area contributed by atoms with Gasteiger partial charge in [0, 0.05) is 5.56 Å². The number of alkyl halides is 3. The molecule has 0 aliphatic carbocycles. The standard InChI is InChI=1S/C13H7F5O/c14-11-3-1-2-10(12(11)15)8-4-6-9(7-5-8)19-13(16,17)18/h1-7H. The molecule has 1 nitrogen and oxygen atoms in total. The molecule has 100 valence electrons. The van der Waals surface area contributed by atoms with Crippen LogP contribution in [0, 0.1) is 11.6 Å². The minimum atomic E-state index is -4.79. The fourth-order valence-electron chi connectivity index (χ4n) is 1.56. The highest BCUT2D eigenvalue weighted by atomic mass is 19.4. The van der Waals surface area contributed by atoms with Gasteiger partial charge in [0.25, 0.3) is 0 Å². The van der Waals surface area contributed by atoms with Crippen molar-refractivity contribution in [2.75, 3.05) is 0 Å². The number of halogens is 5. The van der Waals surface area contributed by atoms with Crippen molar-refractivity contribution in [3.8, 4) is 16.9 Å². The van der Waals surface area contributed by atoms with E-state index in [9.17, 15) is 22.0 Å². The topological polar surface area (TPSA) is 9.23 Å². The maximum absolute atomic E-state index is 13.5. The van der Waals surface area contributed by atoms with Crippen LogP contribution in [0.2, 0.25) is 0 Å². The molecule has 0 saturated heterocycles. The van der Waals surface area contributed by atoms with E-state index in [4.69, 9.17) is 0 Å². The summed E-state index contributed by atoms with van der Waals surface area (Å²) in [6.07, 6.45) is -4.79. The van der Waals surface area contributed by atoms with Gasteiger partial charge in [-0.25, -0.2) is 8.78 Å². The minimum Gasteiger partial charge on any atom is -0.406 e. The molecular formula is C13H7F5O. The molecule has 0 fully saturated rings. The van der Waals surface area contributed by atoms with Crippen molar-refractivity contribution >= 4 is 0 Å². The Hall–Kier alpha value is -2.11. The van der Waals surface area contributed by atoms with E-state index in [2.05, 4.69) is 4.74 Å². The van der Waals surface area contributed by atoms with Gasteiger partial charge in [0.15, 0.2) is 11.6 Å². The molecule has 2 aromatic carbocycles. The number of hydrogen-bond acceptors (Lipinski definition) is 1. The van der Waals surface area contributed by atoms with E-state index in [1.807, 2.05) is 0 Å². The quantitative estimate of drug-likeness (QED) is 0.731. The number of rotatable bonds is 2. The maximum atomic E-state index is 13.5. The second kappa shape index (κ2) is 4.87. The minimum absolute atomic E-state index is 0.0291. The van der Waals surface area contributed by atoms with E-state index in [-0.39, 0.29) is 11.1 Å². The smallest absolute Gasteiger partial charge is 0.406 e. The lowest BCUT2D eigenvalue weighted by Gasteiger charge is -2.09. The third-order valence-electron chi connectivity index (χ3n) is 2.35. The second-order valence-electron chi connectivity index (χ2n) is 3.67. The number of ether oxygens (including phenoxy) is 1. The Balaban J connectivity index is 2.30.